The molecule has 0 saturated heterocycles. The molecule has 57 heavy (non-hydrogen) atoms. The van der Waals surface area contributed by atoms with Crippen molar-refractivity contribution in [3.05, 3.63) is 0 Å². The second-order valence-electron chi connectivity index (χ2n) is 13.4. The first-order valence-electron chi connectivity index (χ1n) is 18.4. The van der Waals surface area contributed by atoms with Crippen LogP contribution < -0.4 is 59.7 Å². The average molecular weight is 832 g/mol. The van der Waals surface area contributed by atoms with Gasteiger partial charge in [-0.15, -0.1) is 0 Å². The summed E-state index contributed by atoms with van der Waals surface area (Å²) >= 11 is 3.94. The van der Waals surface area contributed by atoms with Gasteiger partial charge in [-0.2, -0.15) is 12.6 Å². The number of carboxylic acid groups (broad SMARTS) is 2. The zero-order chi connectivity index (χ0) is 43.8. The van der Waals surface area contributed by atoms with Gasteiger partial charge in [-0.1, -0.05) is 40.5 Å². The molecule has 0 aliphatic rings. The molecule has 0 aromatic rings. The van der Waals surface area contributed by atoms with E-state index in [4.69, 9.17) is 28.0 Å². The number of rotatable bonds is 28. The molecule has 8 atom stereocenters. The maximum atomic E-state index is 13.8. The molecule has 0 rings (SSSR count). The Kier molecular flexibility index (Phi) is 24.7. The van der Waals surface area contributed by atoms with Crippen molar-refractivity contribution < 1.29 is 48.6 Å². The van der Waals surface area contributed by atoms with Crippen molar-refractivity contribution in [3.63, 3.8) is 0 Å². The largest absolute Gasteiger partial charge is 0.481 e. The van der Waals surface area contributed by atoms with Crippen LogP contribution in [0.1, 0.15) is 72.6 Å². The minimum atomic E-state index is -1.78. The summed E-state index contributed by atoms with van der Waals surface area (Å²) in [5.41, 5.74) is 16.2. The van der Waals surface area contributed by atoms with Crippen molar-refractivity contribution >= 4 is 71.9 Å². The van der Waals surface area contributed by atoms with Gasteiger partial charge in [0.15, 0.2) is 11.9 Å². The van der Waals surface area contributed by atoms with Gasteiger partial charge in [0.1, 0.15) is 30.2 Å². The number of carboxylic acids is 2. The first-order valence-corrected chi connectivity index (χ1v) is 19.1. The second kappa shape index (κ2) is 27.2. The highest BCUT2D eigenvalue weighted by Crippen LogP contribution is 2.12. The minimum absolute atomic E-state index is 0.0110. The molecular formula is C33H61N13O10S. The van der Waals surface area contributed by atoms with Crippen LogP contribution in [0.25, 0.3) is 0 Å². The lowest BCUT2D eigenvalue weighted by atomic mass is 9.96. The van der Waals surface area contributed by atoms with E-state index < -0.39 is 108 Å². The number of hydrogen-bond donors (Lipinski definition) is 16. The number of carbonyl (C=O) groups excluding carboxylic acids is 6. The third-order valence-electron chi connectivity index (χ3n) is 8.79. The fraction of sp³-hybridized carbons (Fsp3) is 0.697. The predicted octanol–water partition coefficient (Wildman–Crippen LogP) is -4.04. The van der Waals surface area contributed by atoms with E-state index in [1.54, 1.807) is 27.7 Å². The minimum Gasteiger partial charge on any atom is -0.481 e. The third-order valence-corrected chi connectivity index (χ3v) is 9.19. The number of aliphatic carboxylic acids is 2. The van der Waals surface area contributed by atoms with Crippen LogP contribution in [-0.4, -0.2) is 131 Å². The Labute approximate surface area is 336 Å². The summed E-state index contributed by atoms with van der Waals surface area (Å²) in [7, 11) is 0. The van der Waals surface area contributed by atoms with Crippen LogP contribution in [0.2, 0.25) is 0 Å². The fourth-order valence-electron chi connectivity index (χ4n) is 5.03. The van der Waals surface area contributed by atoms with Crippen LogP contribution in [0.15, 0.2) is 0 Å². The van der Waals surface area contributed by atoms with Gasteiger partial charge >= 0.3 is 11.9 Å². The molecule has 24 heteroatoms. The van der Waals surface area contributed by atoms with Crippen molar-refractivity contribution in [2.24, 2.45) is 29.0 Å². The molecule has 0 spiro atoms. The lowest BCUT2D eigenvalue weighted by Gasteiger charge is -2.29. The summed E-state index contributed by atoms with van der Waals surface area (Å²) in [4.78, 5) is 103. The van der Waals surface area contributed by atoms with Gasteiger partial charge in [0.05, 0.1) is 19.0 Å². The highest BCUT2D eigenvalue weighted by molar-refractivity contribution is 7.80. The zero-order valence-electron chi connectivity index (χ0n) is 32.7. The van der Waals surface area contributed by atoms with E-state index in [1.807, 2.05) is 0 Å². The van der Waals surface area contributed by atoms with E-state index >= 15 is 0 Å². The number of hydrogen-bond acceptors (Lipinski definition) is 12. The summed E-state index contributed by atoms with van der Waals surface area (Å²) < 4.78 is 0. The van der Waals surface area contributed by atoms with Crippen molar-refractivity contribution in [1.29, 1.82) is 10.8 Å². The Balaban J connectivity index is 6.33. The lowest BCUT2D eigenvalue weighted by molar-refractivity contribution is -0.144. The summed E-state index contributed by atoms with van der Waals surface area (Å²) in [5.74, 6) is -9.82. The van der Waals surface area contributed by atoms with Crippen LogP contribution in [0.3, 0.4) is 0 Å². The Bertz CT molecular complexity index is 1420. The van der Waals surface area contributed by atoms with Crippen LogP contribution in [0, 0.1) is 22.7 Å². The summed E-state index contributed by atoms with van der Waals surface area (Å²) in [6.45, 7) is 6.34. The molecular weight excluding hydrogens is 771 g/mol. The molecule has 6 amide bonds. The number of guanidine groups is 2. The Morgan fingerprint density at radius 1 is 0.632 bits per heavy atom. The van der Waals surface area contributed by atoms with Crippen molar-refractivity contribution in [2.75, 3.05) is 25.4 Å². The molecule has 23 nitrogen and oxygen atoms in total. The van der Waals surface area contributed by atoms with Crippen molar-refractivity contribution in [1.82, 2.24) is 42.5 Å². The number of thiol groups is 1. The molecule has 324 valence electrons. The fourth-order valence-corrected chi connectivity index (χ4v) is 5.20. The van der Waals surface area contributed by atoms with E-state index in [-0.39, 0.29) is 56.4 Å². The predicted molar refractivity (Wildman–Crippen MR) is 212 cm³/mol. The van der Waals surface area contributed by atoms with E-state index in [0.29, 0.717) is 12.8 Å². The van der Waals surface area contributed by atoms with E-state index in [2.05, 4.69) is 55.2 Å². The second-order valence-corrected chi connectivity index (χ2v) is 13.8. The highest BCUT2D eigenvalue weighted by atomic mass is 32.1. The standard InChI is InChI=1S/C33H61N13O10S/c1-5-16(3)24(45-27(51)19(9-7-11-39-32(35)36)42-22(47)14-41-26(50)18(34)15-57)30(54)44-21(13-23(48)49)29(53)43-20(10-8-12-40-33(37)38)28(52)46-25(31(55)56)17(4)6-2/h16-21,24-25,57H,5-15,34H2,1-4H3,(H,41,50)(H,42,47)(H,43,53)(H,44,54)(H,45,51)(H,46,52)(H,48,49)(H,55,56)(H4,35,36,39)(H4,37,38,40)/t16-,17-,18-,19-,20-,21-,24-,25-/m0/s1. The molecule has 0 fully saturated rings. The molecule has 0 heterocycles. The van der Waals surface area contributed by atoms with Crippen LogP contribution in [-0.2, 0) is 38.4 Å². The molecule has 0 aliphatic heterocycles. The summed E-state index contributed by atoms with van der Waals surface area (Å²) in [6, 6.07) is -8.15. The Hall–Kier alpha value is -5.39. The quantitative estimate of drug-likeness (QED) is 0.0154. The van der Waals surface area contributed by atoms with Gasteiger partial charge in [0.2, 0.25) is 35.4 Å². The smallest absolute Gasteiger partial charge is 0.326 e. The molecule has 0 aromatic carbocycles. The molecule has 0 radical (unpaired) electrons. The van der Waals surface area contributed by atoms with Crippen LogP contribution in [0.5, 0.6) is 0 Å². The van der Waals surface area contributed by atoms with E-state index in [0.717, 1.165) is 0 Å². The Morgan fingerprint density at radius 2 is 1.07 bits per heavy atom. The number of amides is 6. The molecule has 0 aromatic heterocycles. The van der Waals surface area contributed by atoms with Crippen LogP contribution in [0.4, 0.5) is 0 Å². The van der Waals surface area contributed by atoms with Gasteiger partial charge in [0.25, 0.3) is 0 Å². The van der Waals surface area contributed by atoms with Gasteiger partial charge in [-0.05, 0) is 37.5 Å². The highest BCUT2D eigenvalue weighted by Gasteiger charge is 2.35. The number of carbonyl (C=O) groups is 8. The van der Waals surface area contributed by atoms with Gasteiger partial charge in [0, 0.05) is 18.8 Å². The maximum absolute atomic E-state index is 13.8. The molecule has 0 bridgehead atoms. The van der Waals surface area contributed by atoms with Crippen LogP contribution >= 0.6 is 12.6 Å². The number of nitrogens with one attached hydrogen (secondary N) is 10. The van der Waals surface area contributed by atoms with Gasteiger partial charge < -0.3 is 69.9 Å². The van der Waals surface area contributed by atoms with E-state index in [1.165, 1.54) is 0 Å². The first-order chi connectivity index (χ1) is 26.7. The first kappa shape index (κ1) is 51.6. The molecule has 0 aliphatic carbocycles. The van der Waals surface area contributed by atoms with Gasteiger partial charge in [-0.25, -0.2) is 4.79 Å². The number of nitrogens with two attached hydrogens (primary N) is 3. The lowest BCUT2D eigenvalue weighted by Crippen LogP contribution is -2.60. The SMILES string of the molecule is CC[C@H](C)[C@H](NC(=O)[C@H](CCCNC(=N)N)NC(=O)[C@H](CC(=O)O)NC(=O)[C@@H](NC(=O)[C@H](CCCNC(=N)N)NC(=O)CNC(=O)[C@@H](N)CS)[C@@H](C)CC)C(=O)O. The topological polar surface area (TPSA) is 399 Å². The van der Waals surface area contributed by atoms with Crippen molar-refractivity contribution in [2.45, 2.75) is 109 Å². The Morgan fingerprint density at radius 3 is 1.51 bits per heavy atom. The van der Waals surface area contributed by atoms with E-state index in [9.17, 15) is 48.6 Å². The van der Waals surface area contributed by atoms with Gasteiger partial charge in [-0.3, -0.25) is 44.4 Å². The average Bonchev–Trinajstić information content (AvgIpc) is 3.14. The van der Waals surface area contributed by atoms with Crippen molar-refractivity contribution in [3.8, 4) is 0 Å². The zero-order valence-corrected chi connectivity index (χ0v) is 33.6. The molecule has 18 N–H and O–H groups in total. The normalized spacial score (nSPS) is 15.0. The monoisotopic (exact) mass is 831 g/mol. The third kappa shape index (κ3) is 20.9. The maximum Gasteiger partial charge on any atom is 0.326 e. The molecule has 0 unspecified atom stereocenters. The summed E-state index contributed by atoms with van der Waals surface area (Å²) in [5, 5.41) is 53.6. The summed E-state index contributed by atoms with van der Waals surface area (Å²) in [6.07, 6.45) is -0.0196. The molecule has 0 saturated carbocycles.